The van der Waals surface area contributed by atoms with Crippen molar-refractivity contribution in [3.8, 4) is 0 Å². The minimum Gasteiger partial charge on any atom is -0.478 e. The second-order valence-corrected chi connectivity index (χ2v) is 6.19. The van der Waals surface area contributed by atoms with Gasteiger partial charge in [0.2, 0.25) is 0 Å². The maximum absolute atomic E-state index is 13.7. The molecule has 118 valence electrons. The molecule has 0 amide bonds. The lowest BCUT2D eigenvalue weighted by Crippen LogP contribution is -2.17. The average molecular weight is 314 g/mol. The van der Waals surface area contributed by atoms with Gasteiger partial charge in [-0.05, 0) is 41.8 Å². The Morgan fingerprint density at radius 2 is 1.61 bits per heavy atom. The minimum absolute atomic E-state index is 0.366. The standard InChI is InChI=1S/C19H16F2O2/c1-18(9-8-17(22)23)12-19(18,13-4-2-6-15(20)10-13)14-5-3-7-16(21)11-14/h2-11H,12H2,1H3,(H,22,23)/t18-/m0/s1. The fraction of sp³-hybridized carbons (Fsp3) is 0.211. The molecule has 0 aromatic heterocycles. The Kier molecular flexibility index (Phi) is 3.55. The molecule has 1 N–H and O–H groups in total. The van der Waals surface area contributed by atoms with Gasteiger partial charge in [0.05, 0.1) is 0 Å². The molecule has 2 nitrogen and oxygen atoms in total. The van der Waals surface area contributed by atoms with Crippen molar-refractivity contribution >= 4 is 5.97 Å². The summed E-state index contributed by atoms with van der Waals surface area (Å²) in [6.45, 7) is 1.91. The van der Waals surface area contributed by atoms with Crippen LogP contribution in [0.5, 0.6) is 0 Å². The van der Waals surface area contributed by atoms with Crippen LogP contribution in [0, 0.1) is 17.0 Å². The molecular weight excluding hydrogens is 298 g/mol. The first-order chi connectivity index (χ1) is 10.9. The largest absolute Gasteiger partial charge is 0.478 e. The molecule has 1 fully saturated rings. The summed E-state index contributed by atoms with van der Waals surface area (Å²) in [6, 6.07) is 12.4. The van der Waals surface area contributed by atoms with Gasteiger partial charge in [0, 0.05) is 16.9 Å². The zero-order valence-electron chi connectivity index (χ0n) is 12.6. The molecule has 0 unspecified atom stereocenters. The third kappa shape index (κ3) is 2.54. The summed E-state index contributed by atoms with van der Waals surface area (Å²) in [5, 5.41) is 8.90. The van der Waals surface area contributed by atoms with Crippen LogP contribution in [0.2, 0.25) is 0 Å². The number of aliphatic carboxylic acids is 1. The molecule has 2 aromatic carbocycles. The van der Waals surface area contributed by atoms with E-state index >= 15 is 0 Å². The van der Waals surface area contributed by atoms with E-state index in [9.17, 15) is 13.6 Å². The molecule has 1 saturated carbocycles. The minimum atomic E-state index is -1.04. The highest BCUT2D eigenvalue weighted by Crippen LogP contribution is 2.68. The second-order valence-electron chi connectivity index (χ2n) is 6.19. The van der Waals surface area contributed by atoms with Gasteiger partial charge in [-0.3, -0.25) is 0 Å². The number of hydrogen-bond donors (Lipinski definition) is 1. The number of carboxylic acid groups (broad SMARTS) is 1. The van der Waals surface area contributed by atoms with Gasteiger partial charge >= 0.3 is 5.97 Å². The molecule has 3 rings (SSSR count). The van der Waals surface area contributed by atoms with E-state index in [0.717, 1.165) is 17.2 Å². The molecular formula is C19H16F2O2. The van der Waals surface area contributed by atoms with Crippen molar-refractivity contribution in [3.05, 3.63) is 83.4 Å². The SMILES string of the molecule is C[C@]1(C=CC(=O)O)CC1(c1cccc(F)c1)c1cccc(F)c1. The number of rotatable bonds is 4. The Labute approximate surface area is 133 Å². The molecule has 2 aromatic rings. The van der Waals surface area contributed by atoms with Crippen LogP contribution in [0.1, 0.15) is 24.5 Å². The highest BCUT2D eigenvalue weighted by Gasteiger charge is 2.64. The first-order valence-corrected chi connectivity index (χ1v) is 7.32. The van der Waals surface area contributed by atoms with E-state index in [-0.39, 0.29) is 11.6 Å². The maximum Gasteiger partial charge on any atom is 0.327 e. The summed E-state index contributed by atoms with van der Waals surface area (Å²) < 4.78 is 27.4. The predicted octanol–water partition coefficient (Wildman–Crippen LogP) is 4.30. The van der Waals surface area contributed by atoms with Gasteiger partial charge in [-0.1, -0.05) is 37.3 Å². The van der Waals surface area contributed by atoms with Gasteiger partial charge < -0.3 is 5.11 Å². The highest BCUT2D eigenvalue weighted by atomic mass is 19.1. The van der Waals surface area contributed by atoms with Gasteiger partial charge in [0.1, 0.15) is 11.6 Å². The fourth-order valence-corrected chi connectivity index (χ4v) is 3.50. The molecule has 0 radical (unpaired) electrons. The third-order valence-electron chi connectivity index (χ3n) is 4.71. The third-order valence-corrected chi connectivity index (χ3v) is 4.71. The van der Waals surface area contributed by atoms with Crippen molar-refractivity contribution in [2.24, 2.45) is 5.41 Å². The summed E-state index contributed by atoms with van der Waals surface area (Å²) in [7, 11) is 0. The van der Waals surface area contributed by atoms with Gasteiger partial charge in [0.25, 0.3) is 0 Å². The van der Waals surface area contributed by atoms with Gasteiger partial charge in [-0.2, -0.15) is 0 Å². The van der Waals surface area contributed by atoms with Gasteiger partial charge in [-0.25, -0.2) is 13.6 Å². The zero-order valence-corrected chi connectivity index (χ0v) is 12.6. The zero-order chi connectivity index (χ0) is 16.7. The summed E-state index contributed by atoms with van der Waals surface area (Å²) in [6.07, 6.45) is 3.31. The van der Waals surface area contributed by atoms with Crippen molar-refractivity contribution in [2.75, 3.05) is 0 Å². The van der Waals surface area contributed by atoms with Crippen molar-refractivity contribution in [1.82, 2.24) is 0 Å². The quantitative estimate of drug-likeness (QED) is 0.854. The predicted molar refractivity (Wildman–Crippen MR) is 83.1 cm³/mol. The van der Waals surface area contributed by atoms with Crippen LogP contribution in [-0.2, 0) is 10.2 Å². The average Bonchev–Trinajstić information content (AvgIpc) is 3.13. The lowest BCUT2D eigenvalue weighted by atomic mass is 9.80. The van der Waals surface area contributed by atoms with Crippen LogP contribution in [0.4, 0.5) is 8.78 Å². The molecule has 0 aliphatic heterocycles. The topological polar surface area (TPSA) is 37.3 Å². The number of carbonyl (C=O) groups is 1. The molecule has 0 heterocycles. The first-order valence-electron chi connectivity index (χ1n) is 7.32. The Morgan fingerprint density at radius 3 is 2.04 bits per heavy atom. The van der Waals surface area contributed by atoms with Crippen molar-refractivity contribution < 1.29 is 18.7 Å². The summed E-state index contributed by atoms with van der Waals surface area (Å²) in [5.74, 6) is -1.77. The van der Waals surface area contributed by atoms with E-state index in [1.807, 2.05) is 6.92 Å². The number of allylic oxidation sites excluding steroid dienone is 1. The van der Waals surface area contributed by atoms with Crippen LogP contribution in [0.15, 0.2) is 60.7 Å². The molecule has 1 aliphatic carbocycles. The molecule has 0 spiro atoms. The smallest absolute Gasteiger partial charge is 0.327 e. The van der Waals surface area contributed by atoms with E-state index in [2.05, 4.69) is 0 Å². The van der Waals surface area contributed by atoms with E-state index < -0.39 is 16.8 Å². The summed E-state index contributed by atoms with van der Waals surface area (Å²) >= 11 is 0. The van der Waals surface area contributed by atoms with Crippen molar-refractivity contribution in [3.63, 3.8) is 0 Å². The Bertz CT molecular complexity index is 752. The number of hydrogen-bond acceptors (Lipinski definition) is 1. The van der Waals surface area contributed by atoms with E-state index in [0.29, 0.717) is 6.42 Å². The molecule has 0 bridgehead atoms. The highest BCUT2D eigenvalue weighted by molar-refractivity contribution is 5.80. The lowest BCUT2D eigenvalue weighted by molar-refractivity contribution is -0.131. The molecule has 4 heteroatoms. The molecule has 1 aliphatic rings. The Hall–Kier alpha value is -2.49. The van der Waals surface area contributed by atoms with Crippen LogP contribution in [0.3, 0.4) is 0 Å². The van der Waals surface area contributed by atoms with E-state index in [1.54, 1.807) is 30.3 Å². The molecule has 0 saturated heterocycles. The maximum atomic E-state index is 13.7. The second kappa shape index (κ2) is 5.30. The fourth-order valence-electron chi connectivity index (χ4n) is 3.50. The number of carboxylic acids is 1. The Morgan fingerprint density at radius 1 is 1.09 bits per heavy atom. The van der Waals surface area contributed by atoms with Crippen LogP contribution in [0.25, 0.3) is 0 Å². The molecule has 1 atom stereocenters. The van der Waals surface area contributed by atoms with Crippen LogP contribution >= 0.6 is 0 Å². The summed E-state index contributed by atoms with van der Waals surface area (Å²) in [4.78, 5) is 10.9. The van der Waals surface area contributed by atoms with E-state index in [1.165, 1.54) is 24.3 Å². The van der Waals surface area contributed by atoms with Gasteiger partial charge in [-0.15, -0.1) is 0 Å². The van der Waals surface area contributed by atoms with E-state index in [4.69, 9.17) is 5.11 Å². The molecule has 23 heavy (non-hydrogen) atoms. The number of benzene rings is 2. The monoisotopic (exact) mass is 314 g/mol. The van der Waals surface area contributed by atoms with Gasteiger partial charge in [0.15, 0.2) is 0 Å². The van der Waals surface area contributed by atoms with Crippen LogP contribution < -0.4 is 0 Å². The van der Waals surface area contributed by atoms with Crippen LogP contribution in [-0.4, -0.2) is 11.1 Å². The normalized spacial score (nSPS) is 22.2. The van der Waals surface area contributed by atoms with Crippen molar-refractivity contribution in [2.45, 2.75) is 18.8 Å². The summed E-state index contributed by atoms with van der Waals surface area (Å²) in [5.41, 5.74) is 0.317. The lowest BCUT2D eigenvalue weighted by Gasteiger charge is -2.22. The first kappa shape index (κ1) is 15.4. The van der Waals surface area contributed by atoms with Crippen molar-refractivity contribution in [1.29, 1.82) is 0 Å². The Balaban J connectivity index is 2.15. The number of halogens is 2.